The molecule has 2 aromatic carbocycles. The van der Waals surface area contributed by atoms with Crippen LogP contribution in [-0.2, 0) is 11.3 Å². The lowest BCUT2D eigenvalue weighted by Gasteiger charge is -2.08. The zero-order valence-corrected chi connectivity index (χ0v) is 14.6. The molecule has 0 aliphatic heterocycles. The Labute approximate surface area is 155 Å². The Morgan fingerprint density at radius 2 is 1.70 bits per heavy atom. The Morgan fingerprint density at radius 1 is 1.00 bits per heavy atom. The molecule has 0 radical (unpaired) electrons. The lowest BCUT2D eigenvalue weighted by molar-refractivity contribution is 0.0600. The van der Waals surface area contributed by atoms with Crippen molar-refractivity contribution in [3.63, 3.8) is 0 Å². The van der Waals surface area contributed by atoms with Crippen LogP contribution < -0.4 is 10.9 Å². The van der Waals surface area contributed by atoms with Crippen LogP contribution in [0.3, 0.4) is 0 Å². The van der Waals surface area contributed by atoms with Crippen LogP contribution in [0.1, 0.15) is 26.4 Å². The molecule has 3 aromatic rings. The van der Waals surface area contributed by atoms with Crippen LogP contribution in [0.2, 0.25) is 0 Å². The van der Waals surface area contributed by atoms with E-state index in [1.807, 2.05) is 30.3 Å². The van der Waals surface area contributed by atoms with Gasteiger partial charge in [0.25, 0.3) is 11.5 Å². The van der Waals surface area contributed by atoms with Gasteiger partial charge in [0.15, 0.2) is 0 Å². The summed E-state index contributed by atoms with van der Waals surface area (Å²) in [6.07, 6.45) is 0. The number of nitrogens with zero attached hydrogens (tertiary/aromatic N) is 2. The molecule has 0 aliphatic carbocycles. The summed E-state index contributed by atoms with van der Waals surface area (Å²) < 4.78 is 5.87. The molecule has 0 atom stereocenters. The minimum absolute atomic E-state index is 0.113. The van der Waals surface area contributed by atoms with E-state index in [4.69, 9.17) is 0 Å². The number of amides is 1. The molecule has 0 saturated carbocycles. The highest BCUT2D eigenvalue weighted by atomic mass is 16.5. The van der Waals surface area contributed by atoms with Crippen LogP contribution in [0.15, 0.2) is 71.5 Å². The van der Waals surface area contributed by atoms with Crippen molar-refractivity contribution in [3.05, 3.63) is 93.9 Å². The van der Waals surface area contributed by atoms with Gasteiger partial charge in [0.2, 0.25) is 0 Å². The Bertz CT molecular complexity index is 1010. The SMILES string of the molecule is COC(=O)c1ccc(NC(=O)c2ccc(=O)n(Cc3ccccc3)n2)cc1. The summed E-state index contributed by atoms with van der Waals surface area (Å²) in [7, 11) is 1.30. The third-order valence-electron chi connectivity index (χ3n) is 3.84. The van der Waals surface area contributed by atoms with Gasteiger partial charge in [-0.15, -0.1) is 0 Å². The average Bonchev–Trinajstić information content (AvgIpc) is 2.70. The van der Waals surface area contributed by atoms with Crippen LogP contribution in [0.5, 0.6) is 0 Å². The van der Waals surface area contributed by atoms with E-state index in [2.05, 4.69) is 15.2 Å². The fraction of sp³-hybridized carbons (Fsp3) is 0.100. The summed E-state index contributed by atoms with van der Waals surface area (Å²) in [6, 6.07) is 18.3. The molecule has 0 bridgehead atoms. The molecule has 0 spiro atoms. The smallest absolute Gasteiger partial charge is 0.337 e. The number of anilines is 1. The first-order valence-electron chi connectivity index (χ1n) is 8.18. The molecular weight excluding hydrogens is 346 g/mol. The lowest BCUT2D eigenvalue weighted by atomic mass is 10.2. The van der Waals surface area contributed by atoms with Gasteiger partial charge in [-0.05, 0) is 35.9 Å². The normalized spacial score (nSPS) is 10.3. The highest BCUT2D eigenvalue weighted by Crippen LogP contribution is 2.11. The van der Waals surface area contributed by atoms with Crippen molar-refractivity contribution in [2.75, 3.05) is 12.4 Å². The molecule has 136 valence electrons. The molecule has 27 heavy (non-hydrogen) atoms. The maximum absolute atomic E-state index is 12.4. The first kappa shape index (κ1) is 18.1. The first-order valence-corrected chi connectivity index (χ1v) is 8.18. The average molecular weight is 363 g/mol. The number of rotatable bonds is 5. The Morgan fingerprint density at radius 3 is 2.37 bits per heavy atom. The number of hydrogen-bond acceptors (Lipinski definition) is 5. The van der Waals surface area contributed by atoms with E-state index in [1.165, 1.54) is 23.9 Å². The second kappa shape index (κ2) is 8.09. The highest BCUT2D eigenvalue weighted by molar-refractivity contribution is 6.03. The van der Waals surface area contributed by atoms with Gasteiger partial charge >= 0.3 is 5.97 Å². The van der Waals surface area contributed by atoms with E-state index >= 15 is 0 Å². The Balaban J connectivity index is 1.76. The first-order chi connectivity index (χ1) is 13.1. The number of nitrogens with one attached hydrogen (secondary N) is 1. The van der Waals surface area contributed by atoms with Crippen molar-refractivity contribution in [1.29, 1.82) is 0 Å². The predicted octanol–water partition coefficient (Wildman–Crippen LogP) is 2.33. The van der Waals surface area contributed by atoms with Gasteiger partial charge < -0.3 is 10.1 Å². The standard InChI is InChI=1S/C20H17N3O4/c1-27-20(26)15-7-9-16(10-8-15)21-19(25)17-11-12-18(24)23(22-17)13-14-5-3-2-4-6-14/h2-12H,13H2,1H3,(H,21,25). The predicted molar refractivity (Wildman–Crippen MR) is 99.8 cm³/mol. The zero-order valence-electron chi connectivity index (χ0n) is 14.6. The van der Waals surface area contributed by atoms with Gasteiger partial charge in [-0.3, -0.25) is 9.59 Å². The zero-order chi connectivity index (χ0) is 19.2. The van der Waals surface area contributed by atoms with E-state index in [-0.39, 0.29) is 17.8 Å². The lowest BCUT2D eigenvalue weighted by Crippen LogP contribution is -2.26. The quantitative estimate of drug-likeness (QED) is 0.703. The summed E-state index contributed by atoms with van der Waals surface area (Å²) >= 11 is 0. The molecule has 7 nitrogen and oxygen atoms in total. The second-order valence-electron chi connectivity index (χ2n) is 5.72. The number of ether oxygens (including phenoxy) is 1. The van der Waals surface area contributed by atoms with Crippen molar-refractivity contribution in [2.45, 2.75) is 6.54 Å². The van der Waals surface area contributed by atoms with E-state index in [0.29, 0.717) is 11.3 Å². The van der Waals surface area contributed by atoms with Crippen LogP contribution >= 0.6 is 0 Å². The largest absolute Gasteiger partial charge is 0.465 e. The second-order valence-corrected chi connectivity index (χ2v) is 5.72. The molecule has 7 heteroatoms. The van der Waals surface area contributed by atoms with E-state index in [0.717, 1.165) is 5.56 Å². The van der Waals surface area contributed by atoms with Gasteiger partial charge in [-0.1, -0.05) is 30.3 Å². The number of carbonyl (C=O) groups is 2. The summed E-state index contributed by atoms with van der Waals surface area (Å²) in [5.74, 6) is -0.912. The van der Waals surface area contributed by atoms with E-state index < -0.39 is 11.9 Å². The molecule has 0 fully saturated rings. The maximum Gasteiger partial charge on any atom is 0.337 e. The van der Waals surface area contributed by atoms with Gasteiger partial charge in [0.05, 0.1) is 19.2 Å². The minimum Gasteiger partial charge on any atom is -0.465 e. The highest BCUT2D eigenvalue weighted by Gasteiger charge is 2.11. The van der Waals surface area contributed by atoms with Gasteiger partial charge in [-0.25, -0.2) is 9.48 Å². The molecule has 0 unspecified atom stereocenters. The van der Waals surface area contributed by atoms with Gasteiger partial charge in [0.1, 0.15) is 5.69 Å². The Hall–Kier alpha value is -3.74. The fourth-order valence-corrected chi connectivity index (χ4v) is 2.44. The van der Waals surface area contributed by atoms with Gasteiger partial charge in [-0.2, -0.15) is 5.10 Å². The third-order valence-corrected chi connectivity index (χ3v) is 3.84. The summed E-state index contributed by atoms with van der Waals surface area (Å²) in [5.41, 5.74) is 1.60. The number of benzene rings is 2. The van der Waals surface area contributed by atoms with Crippen molar-refractivity contribution in [3.8, 4) is 0 Å². The molecule has 0 aliphatic rings. The van der Waals surface area contributed by atoms with Crippen LogP contribution in [0, 0.1) is 0 Å². The van der Waals surface area contributed by atoms with Crippen molar-refractivity contribution in [1.82, 2.24) is 9.78 Å². The Kier molecular flexibility index (Phi) is 5.41. The summed E-state index contributed by atoms with van der Waals surface area (Å²) in [6.45, 7) is 0.272. The number of methoxy groups -OCH3 is 1. The molecule has 0 saturated heterocycles. The van der Waals surface area contributed by atoms with E-state index in [1.54, 1.807) is 24.3 Å². The van der Waals surface area contributed by atoms with Crippen molar-refractivity contribution < 1.29 is 14.3 Å². The molecule has 1 N–H and O–H groups in total. The van der Waals surface area contributed by atoms with Crippen molar-refractivity contribution >= 4 is 17.6 Å². The maximum atomic E-state index is 12.4. The summed E-state index contributed by atoms with van der Waals surface area (Å²) in [5, 5.41) is 6.82. The third kappa shape index (κ3) is 4.46. The molecule has 1 amide bonds. The van der Waals surface area contributed by atoms with Crippen LogP contribution in [0.4, 0.5) is 5.69 Å². The monoisotopic (exact) mass is 363 g/mol. The molecule has 1 heterocycles. The molecular formula is C20H17N3O4. The number of aromatic nitrogens is 2. The van der Waals surface area contributed by atoms with Gasteiger partial charge in [0, 0.05) is 11.8 Å². The number of hydrogen-bond donors (Lipinski definition) is 1. The molecule has 3 rings (SSSR count). The molecule has 1 aromatic heterocycles. The van der Waals surface area contributed by atoms with Crippen molar-refractivity contribution in [2.24, 2.45) is 0 Å². The fourth-order valence-electron chi connectivity index (χ4n) is 2.44. The number of esters is 1. The minimum atomic E-state index is -0.456. The van der Waals surface area contributed by atoms with Crippen LogP contribution in [0.25, 0.3) is 0 Å². The van der Waals surface area contributed by atoms with E-state index in [9.17, 15) is 14.4 Å². The number of carbonyl (C=O) groups excluding carboxylic acids is 2. The van der Waals surface area contributed by atoms with Crippen LogP contribution in [-0.4, -0.2) is 28.8 Å². The topological polar surface area (TPSA) is 90.3 Å². The summed E-state index contributed by atoms with van der Waals surface area (Å²) in [4.78, 5) is 35.9.